The molecule has 0 atom stereocenters. The van der Waals surface area contributed by atoms with Crippen LogP contribution in [-0.2, 0) is 5.41 Å². The molecule has 0 aliphatic heterocycles. The standard InChI is InChI=1S/C21H21NO2S/c1-2-24-18-8-7-15-5-3-4-6-17(15)19(18)20(23)22-14-21(10-11-21)16-9-12-25-13-16/h3-9,12-13H,2,10-11,14H2,1H3,(H,22,23). The molecule has 1 amide bonds. The number of fused-ring (bicyclic) bond motifs is 1. The molecule has 3 aromatic rings. The molecule has 128 valence electrons. The van der Waals surface area contributed by atoms with Gasteiger partial charge in [0.25, 0.3) is 5.91 Å². The SMILES string of the molecule is CCOc1ccc2ccccc2c1C(=O)NCC1(c2ccsc2)CC1. The third-order valence-electron chi connectivity index (χ3n) is 4.99. The fourth-order valence-corrected chi connectivity index (χ4v) is 4.16. The monoisotopic (exact) mass is 351 g/mol. The van der Waals surface area contributed by atoms with Crippen molar-refractivity contribution >= 4 is 28.0 Å². The lowest BCUT2D eigenvalue weighted by Crippen LogP contribution is -2.32. The first-order valence-corrected chi connectivity index (χ1v) is 9.63. The molecule has 1 saturated carbocycles. The summed E-state index contributed by atoms with van der Waals surface area (Å²) in [5.74, 6) is 0.598. The number of rotatable bonds is 6. The van der Waals surface area contributed by atoms with E-state index < -0.39 is 0 Å². The number of thiophene rings is 1. The topological polar surface area (TPSA) is 38.3 Å². The van der Waals surface area contributed by atoms with Crippen molar-refractivity contribution in [2.45, 2.75) is 25.2 Å². The molecule has 4 rings (SSSR count). The molecule has 0 saturated heterocycles. The van der Waals surface area contributed by atoms with Gasteiger partial charge < -0.3 is 10.1 Å². The Labute approximate surface area is 151 Å². The summed E-state index contributed by atoms with van der Waals surface area (Å²) < 4.78 is 5.73. The predicted molar refractivity (Wildman–Crippen MR) is 103 cm³/mol. The average Bonchev–Trinajstić information content (AvgIpc) is 3.22. The Hall–Kier alpha value is -2.33. The fraction of sp³-hybridized carbons (Fsp3) is 0.286. The first-order chi connectivity index (χ1) is 12.2. The van der Waals surface area contributed by atoms with Gasteiger partial charge >= 0.3 is 0 Å². The van der Waals surface area contributed by atoms with Crippen LogP contribution in [0.2, 0.25) is 0 Å². The van der Waals surface area contributed by atoms with E-state index in [9.17, 15) is 4.79 Å². The Morgan fingerprint density at radius 3 is 2.76 bits per heavy atom. The molecule has 0 radical (unpaired) electrons. The second kappa shape index (κ2) is 6.52. The first-order valence-electron chi connectivity index (χ1n) is 8.69. The molecule has 3 nitrogen and oxygen atoms in total. The highest BCUT2D eigenvalue weighted by molar-refractivity contribution is 7.08. The molecule has 2 aromatic carbocycles. The van der Waals surface area contributed by atoms with Gasteiger partial charge in [-0.1, -0.05) is 30.3 Å². The lowest BCUT2D eigenvalue weighted by atomic mass is 9.98. The van der Waals surface area contributed by atoms with E-state index in [1.807, 2.05) is 43.3 Å². The van der Waals surface area contributed by atoms with Crippen molar-refractivity contribution in [3.8, 4) is 5.75 Å². The Kier molecular flexibility index (Phi) is 4.22. The van der Waals surface area contributed by atoms with Crippen LogP contribution in [0.25, 0.3) is 10.8 Å². The van der Waals surface area contributed by atoms with Crippen LogP contribution in [0.5, 0.6) is 5.75 Å². The molecule has 1 aliphatic rings. The summed E-state index contributed by atoms with van der Waals surface area (Å²) in [5, 5.41) is 9.46. The molecule has 1 aliphatic carbocycles. The molecule has 25 heavy (non-hydrogen) atoms. The highest BCUT2D eigenvalue weighted by atomic mass is 32.1. The molecule has 1 aromatic heterocycles. The number of amides is 1. The summed E-state index contributed by atoms with van der Waals surface area (Å²) >= 11 is 1.72. The van der Waals surface area contributed by atoms with Crippen molar-refractivity contribution in [3.63, 3.8) is 0 Å². The van der Waals surface area contributed by atoms with Gasteiger partial charge in [-0.2, -0.15) is 11.3 Å². The fourth-order valence-electron chi connectivity index (χ4n) is 3.38. The van der Waals surface area contributed by atoms with E-state index in [0.29, 0.717) is 24.5 Å². The number of hydrogen-bond donors (Lipinski definition) is 1. The van der Waals surface area contributed by atoms with E-state index in [1.54, 1.807) is 11.3 Å². The van der Waals surface area contributed by atoms with E-state index in [-0.39, 0.29) is 11.3 Å². The third kappa shape index (κ3) is 3.02. The van der Waals surface area contributed by atoms with Gasteiger partial charge in [0.2, 0.25) is 0 Å². The Balaban J connectivity index is 1.62. The van der Waals surface area contributed by atoms with Gasteiger partial charge in [0, 0.05) is 12.0 Å². The zero-order valence-electron chi connectivity index (χ0n) is 14.2. The lowest BCUT2D eigenvalue weighted by molar-refractivity contribution is 0.0947. The van der Waals surface area contributed by atoms with Crippen LogP contribution in [0.1, 0.15) is 35.7 Å². The maximum absolute atomic E-state index is 13.0. The smallest absolute Gasteiger partial charge is 0.255 e. The molecule has 1 heterocycles. The van der Waals surface area contributed by atoms with Crippen LogP contribution in [-0.4, -0.2) is 19.1 Å². The highest BCUT2D eigenvalue weighted by Crippen LogP contribution is 2.48. The molecule has 0 unspecified atom stereocenters. The van der Waals surface area contributed by atoms with Crippen LogP contribution in [0.3, 0.4) is 0 Å². The van der Waals surface area contributed by atoms with Crippen molar-refractivity contribution in [1.29, 1.82) is 0 Å². The quantitative estimate of drug-likeness (QED) is 0.695. The van der Waals surface area contributed by atoms with Crippen molar-refractivity contribution in [1.82, 2.24) is 5.32 Å². The zero-order chi connectivity index (χ0) is 17.3. The summed E-state index contributed by atoms with van der Waals surface area (Å²) in [6, 6.07) is 14.0. The van der Waals surface area contributed by atoms with E-state index in [2.05, 4.69) is 22.1 Å². The number of carbonyl (C=O) groups is 1. The van der Waals surface area contributed by atoms with E-state index >= 15 is 0 Å². The van der Waals surface area contributed by atoms with Gasteiger partial charge in [-0.05, 0) is 59.0 Å². The largest absolute Gasteiger partial charge is 0.493 e. The predicted octanol–water partition coefficient (Wildman–Crippen LogP) is 4.76. The van der Waals surface area contributed by atoms with Crippen molar-refractivity contribution in [2.24, 2.45) is 0 Å². The number of hydrogen-bond acceptors (Lipinski definition) is 3. The van der Waals surface area contributed by atoms with Gasteiger partial charge in [0.05, 0.1) is 12.2 Å². The van der Waals surface area contributed by atoms with Crippen LogP contribution in [0.4, 0.5) is 0 Å². The van der Waals surface area contributed by atoms with E-state index in [4.69, 9.17) is 4.74 Å². The Bertz CT molecular complexity index is 897. The minimum absolute atomic E-state index is 0.0539. The summed E-state index contributed by atoms with van der Waals surface area (Å²) in [4.78, 5) is 13.0. The lowest BCUT2D eigenvalue weighted by Gasteiger charge is -2.17. The van der Waals surface area contributed by atoms with Gasteiger partial charge in [-0.25, -0.2) is 0 Å². The molecule has 4 heteroatoms. The molecular weight excluding hydrogens is 330 g/mol. The van der Waals surface area contributed by atoms with E-state index in [0.717, 1.165) is 23.6 Å². The van der Waals surface area contributed by atoms with Crippen LogP contribution in [0.15, 0.2) is 53.2 Å². The normalized spacial score (nSPS) is 15.1. The minimum Gasteiger partial charge on any atom is -0.493 e. The minimum atomic E-state index is -0.0539. The number of benzene rings is 2. The molecule has 1 fully saturated rings. The van der Waals surface area contributed by atoms with Crippen molar-refractivity contribution in [3.05, 3.63) is 64.4 Å². The summed E-state index contributed by atoms with van der Waals surface area (Å²) in [5.41, 5.74) is 2.12. The summed E-state index contributed by atoms with van der Waals surface area (Å²) in [7, 11) is 0. The summed E-state index contributed by atoms with van der Waals surface area (Å²) in [6.45, 7) is 3.15. The van der Waals surface area contributed by atoms with Gasteiger partial charge in [0.15, 0.2) is 0 Å². The first kappa shape index (κ1) is 16.2. The second-order valence-electron chi connectivity index (χ2n) is 6.57. The Morgan fingerprint density at radius 2 is 2.04 bits per heavy atom. The zero-order valence-corrected chi connectivity index (χ0v) is 15.1. The molecular formula is C21H21NO2S. The number of carbonyl (C=O) groups excluding carboxylic acids is 1. The highest BCUT2D eigenvalue weighted by Gasteiger charge is 2.44. The van der Waals surface area contributed by atoms with Gasteiger partial charge in [-0.3, -0.25) is 4.79 Å². The maximum atomic E-state index is 13.0. The summed E-state index contributed by atoms with van der Waals surface area (Å²) in [6.07, 6.45) is 2.27. The number of nitrogens with one attached hydrogen (secondary N) is 1. The van der Waals surface area contributed by atoms with Crippen molar-refractivity contribution < 1.29 is 9.53 Å². The molecule has 1 N–H and O–H groups in total. The molecule has 0 spiro atoms. The number of ether oxygens (including phenoxy) is 1. The maximum Gasteiger partial charge on any atom is 0.255 e. The Morgan fingerprint density at radius 1 is 1.20 bits per heavy atom. The van der Waals surface area contributed by atoms with Crippen LogP contribution < -0.4 is 10.1 Å². The van der Waals surface area contributed by atoms with Gasteiger partial charge in [0.1, 0.15) is 5.75 Å². The van der Waals surface area contributed by atoms with Crippen LogP contribution >= 0.6 is 11.3 Å². The third-order valence-corrected chi connectivity index (χ3v) is 5.68. The van der Waals surface area contributed by atoms with Crippen LogP contribution in [0, 0.1) is 0 Å². The van der Waals surface area contributed by atoms with Crippen molar-refractivity contribution in [2.75, 3.05) is 13.2 Å². The molecule has 0 bridgehead atoms. The average molecular weight is 351 g/mol. The van der Waals surface area contributed by atoms with Gasteiger partial charge in [-0.15, -0.1) is 0 Å². The van der Waals surface area contributed by atoms with E-state index in [1.165, 1.54) is 5.56 Å². The second-order valence-corrected chi connectivity index (χ2v) is 7.35.